The van der Waals surface area contributed by atoms with Crippen LogP contribution in [0.15, 0.2) is 12.1 Å². The molecule has 1 aromatic carbocycles. The molecule has 1 fully saturated rings. The monoisotopic (exact) mass is 362 g/mol. The first kappa shape index (κ1) is 20.4. The third kappa shape index (κ3) is 6.41. The Hall–Kier alpha value is -0.880. The molecule has 0 amide bonds. The fourth-order valence-electron chi connectivity index (χ4n) is 4.34. The fourth-order valence-corrected chi connectivity index (χ4v) is 5.81. The molecule has 1 aromatic rings. The van der Waals surface area contributed by atoms with Crippen LogP contribution in [0.25, 0.3) is 0 Å². The maximum absolute atomic E-state index is 12.5. The lowest BCUT2D eigenvalue weighted by Gasteiger charge is -2.10. The van der Waals surface area contributed by atoms with Crippen molar-refractivity contribution in [2.75, 3.05) is 6.16 Å². The van der Waals surface area contributed by atoms with E-state index in [0.717, 1.165) is 35.4 Å². The highest BCUT2D eigenvalue weighted by atomic mass is 31.1. The van der Waals surface area contributed by atoms with E-state index in [0.29, 0.717) is 11.7 Å². The van der Waals surface area contributed by atoms with Crippen LogP contribution in [0.4, 0.5) is 0 Å². The lowest BCUT2D eigenvalue weighted by molar-refractivity contribution is 0.107. The van der Waals surface area contributed by atoms with Crippen LogP contribution in [-0.4, -0.2) is 11.7 Å². The highest BCUT2D eigenvalue weighted by molar-refractivity contribution is 7.64. The molecule has 25 heavy (non-hydrogen) atoms. The highest BCUT2D eigenvalue weighted by Crippen LogP contribution is 2.32. The second-order valence-corrected chi connectivity index (χ2v) is 9.78. The van der Waals surface area contributed by atoms with Crippen LogP contribution in [0.1, 0.15) is 91.3 Å². The Morgan fingerprint density at radius 2 is 1.52 bits per heavy atom. The van der Waals surface area contributed by atoms with Gasteiger partial charge in [0.1, 0.15) is 7.80 Å². The molecule has 1 atom stereocenters. The summed E-state index contributed by atoms with van der Waals surface area (Å²) in [5.74, 6) is 0.995. The first-order chi connectivity index (χ1) is 12.0. The van der Waals surface area contributed by atoms with E-state index in [1.807, 2.05) is 32.9 Å². The number of rotatable bonds is 10. The van der Waals surface area contributed by atoms with Gasteiger partial charge in [-0.2, -0.15) is 0 Å². The molecule has 0 aromatic heterocycles. The standard InChI is InChI=1S/C22H35O2P/c1-17-15-18(2)21(19(3)16-17)22(23)25(24)14-10-6-4-5-7-11-20-12-8-9-13-20/h15-16,20,25H,4-14H2,1-3H3. The predicted molar refractivity (Wildman–Crippen MR) is 109 cm³/mol. The number of unbranched alkanes of at least 4 members (excludes halogenated alkanes) is 4. The zero-order valence-electron chi connectivity index (χ0n) is 16.3. The van der Waals surface area contributed by atoms with E-state index in [9.17, 15) is 9.36 Å². The summed E-state index contributed by atoms with van der Waals surface area (Å²) in [5.41, 5.74) is 3.68. The maximum Gasteiger partial charge on any atom is 0.219 e. The molecular formula is C22H35O2P. The van der Waals surface area contributed by atoms with Crippen LogP contribution < -0.4 is 0 Å². The third-order valence-electron chi connectivity index (χ3n) is 5.65. The summed E-state index contributed by atoms with van der Waals surface area (Å²) in [6.45, 7) is 5.93. The summed E-state index contributed by atoms with van der Waals surface area (Å²) in [5, 5.41) is 0. The van der Waals surface area contributed by atoms with Crippen LogP contribution in [0.3, 0.4) is 0 Å². The average molecular weight is 362 g/mol. The zero-order chi connectivity index (χ0) is 18.2. The third-order valence-corrected chi connectivity index (χ3v) is 7.21. The summed E-state index contributed by atoms with van der Waals surface area (Å²) < 4.78 is 12.4. The van der Waals surface area contributed by atoms with Crippen molar-refractivity contribution in [2.45, 2.75) is 85.0 Å². The average Bonchev–Trinajstić information content (AvgIpc) is 3.06. The summed E-state index contributed by atoms with van der Waals surface area (Å²) in [6.07, 6.45) is 13.7. The van der Waals surface area contributed by atoms with Crippen molar-refractivity contribution in [3.8, 4) is 0 Å². The van der Waals surface area contributed by atoms with Gasteiger partial charge in [0.15, 0.2) is 0 Å². The summed E-state index contributed by atoms with van der Waals surface area (Å²) in [4.78, 5) is 12.5. The molecule has 1 aliphatic carbocycles. The van der Waals surface area contributed by atoms with Gasteiger partial charge < -0.3 is 4.57 Å². The largest absolute Gasteiger partial charge is 0.318 e. The number of carbonyl (C=O) groups excluding carboxylic acids is 1. The lowest BCUT2D eigenvalue weighted by atomic mass is 9.99. The van der Waals surface area contributed by atoms with Crippen LogP contribution in [0.5, 0.6) is 0 Å². The van der Waals surface area contributed by atoms with Crippen LogP contribution in [0.2, 0.25) is 0 Å². The molecular weight excluding hydrogens is 327 g/mol. The molecule has 0 aliphatic heterocycles. The van der Waals surface area contributed by atoms with Crippen molar-refractivity contribution in [3.63, 3.8) is 0 Å². The minimum Gasteiger partial charge on any atom is -0.318 e. The van der Waals surface area contributed by atoms with E-state index in [1.165, 1.54) is 51.4 Å². The van der Waals surface area contributed by atoms with E-state index >= 15 is 0 Å². The van der Waals surface area contributed by atoms with Crippen molar-refractivity contribution < 1.29 is 9.36 Å². The molecule has 0 saturated heterocycles. The van der Waals surface area contributed by atoms with Gasteiger partial charge >= 0.3 is 0 Å². The number of carbonyl (C=O) groups is 1. The predicted octanol–water partition coefficient (Wildman–Crippen LogP) is 6.84. The van der Waals surface area contributed by atoms with Gasteiger partial charge in [0.05, 0.1) is 0 Å². The molecule has 2 nitrogen and oxygen atoms in total. The first-order valence-corrected chi connectivity index (χ1v) is 11.8. The Labute approximate surface area is 154 Å². The normalized spacial score (nSPS) is 16.3. The molecule has 0 N–H and O–H groups in total. The van der Waals surface area contributed by atoms with Crippen LogP contribution >= 0.6 is 7.80 Å². The van der Waals surface area contributed by atoms with Crippen LogP contribution in [-0.2, 0) is 4.57 Å². The molecule has 1 aliphatic rings. The van der Waals surface area contributed by atoms with Crippen molar-refractivity contribution in [3.05, 3.63) is 34.4 Å². The van der Waals surface area contributed by atoms with Crippen molar-refractivity contribution in [1.82, 2.24) is 0 Å². The molecule has 3 heteroatoms. The molecule has 1 saturated carbocycles. The van der Waals surface area contributed by atoms with E-state index in [1.54, 1.807) is 0 Å². The van der Waals surface area contributed by atoms with Gasteiger partial charge in [-0.05, 0) is 44.2 Å². The SMILES string of the molecule is Cc1cc(C)c(C(=O)[PH](=O)CCCCCCCC2CCCC2)c(C)c1. The number of hydrogen-bond acceptors (Lipinski definition) is 2. The first-order valence-electron chi connectivity index (χ1n) is 10.1. The van der Waals surface area contributed by atoms with E-state index < -0.39 is 7.80 Å². The van der Waals surface area contributed by atoms with E-state index in [2.05, 4.69) is 0 Å². The maximum atomic E-state index is 12.5. The minimum absolute atomic E-state index is 0.110. The summed E-state index contributed by atoms with van der Waals surface area (Å²) in [6, 6.07) is 4.03. The lowest BCUT2D eigenvalue weighted by Crippen LogP contribution is -2.02. The van der Waals surface area contributed by atoms with Gasteiger partial charge in [0.25, 0.3) is 0 Å². The van der Waals surface area contributed by atoms with Gasteiger partial charge in [0.2, 0.25) is 5.52 Å². The van der Waals surface area contributed by atoms with Crippen LogP contribution in [0, 0.1) is 26.7 Å². The Bertz CT molecular complexity index is 577. The molecule has 2 rings (SSSR count). The van der Waals surface area contributed by atoms with Crippen molar-refractivity contribution in [2.24, 2.45) is 5.92 Å². The van der Waals surface area contributed by atoms with Gasteiger partial charge in [-0.1, -0.05) is 75.5 Å². The second-order valence-electron chi connectivity index (χ2n) is 7.98. The molecule has 140 valence electrons. The molecule has 0 radical (unpaired) electrons. The van der Waals surface area contributed by atoms with Crippen molar-refractivity contribution >= 4 is 13.3 Å². The summed E-state index contributed by atoms with van der Waals surface area (Å²) in [7, 11) is -2.17. The molecule has 0 spiro atoms. The van der Waals surface area contributed by atoms with Crippen molar-refractivity contribution in [1.29, 1.82) is 0 Å². The fraction of sp³-hybridized carbons (Fsp3) is 0.682. The number of benzene rings is 1. The zero-order valence-corrected chi connectivity index (χ0v) is 17.3. The Balaban J connectivity index is 1.65. The van der Waals surface area contributed by atoms with Gasteiger partial charge in [0, 0.05) is 11.7 Å². The topological polar surface area (TPSA) is 34.1 Å². The summed E-state index contributed by atoms with van der Waals surface area (Å²) >= 11 is 0. The van der Waals surface area contributed by atoms with E-state index in [-0.39, 0.29) is 5.52 Å². The smallest absolute Gasteiger partial charge is 0.219 e. The molecule has 0 bridgehead atoms. The van der Waals surface area contributed by atoms with Gasteiger partial charge in [-0.3, -0.25) is 4.79 Å². The van der Waals surface area contributed by atoms with Gasteiger partial charge in [-0.15, -0.1) is 0 Å². The highest BCUT2D eigenvalue weighted by Gasteiger charge is 2.18. The molecule has 1 unspecified atom stereocenters. The van der Waals surface area contributed by atoms with E-state index in [4.69, 9.17) is 0 Å². The Morgan fingerprint density at radius 1 is 0.960 bits per heavy atom. The number of aryl methyl sites for hydroxylation is 3. The Morgan fingerprint density at radius 3 is 2.16 bits per heavy atom. The number of hydrogen-bond donors (Lipinski definition) is 0. The second kappa shape index (κ2) is 10.3. The minimum atomic E-state index is -2.17. The quantitative estimate of drug-likeness (QED) is 0.337. The molecule has 0 heterocycles. The van der Waals surface area contributed by atoms with Gasteiger partial charge in [-0.25, -0.2) is 0 Å². The Kier molecular flexibility index (Phi) is 8.43.